The molecule has 8 heteroatoms. The summed E-state index contributed by atoms with van der Waals surface area (Å²) in [6.45, 7) is 1.73. The number of hydrogen-bond acceptors (Lipinski definition) is 6. The third-order valence-electron chi connectivity index (χ3n) is 2.20. The second-order valence-electron chi connectivity index (χ2n) is 3.64. The minimum atomic E-state index is -3.80. The number of methoxy groups -OCH3 is 1. The molecule has 0 radical (unpaired) electrons. The zero-order chi connectivity index (χ0) is 13.9. The molecule has 1 N–H and O–H groups in total. The SMILES string of the molecule is COc1nc(C)cnc1NS(=O)(=O)c1ccccn1. The minimum absolute atomic E-state index is 0.0266. The van der Waals surface area contributed by atoms with E-state index in [2.05, 4.69) is 19.7 Å². The van der Waals surface area contributed by atoms with Crippen LogP contribution in [0.15, 0.2) is 35.6 Å². The van der Waals surface area contributed by atoms with Gasteiger partial charge in [0, 0.05) is 6.20 Å². The van der Waals surface area contributed by atoms with Gasteiger partial charge in [-0.1, -0.05) is 6.07 Å². The van der Waals surface area contributed by atoms with Gasteiger partial charge in [-0.15, -0.1) is 0 Å². The fourth-order valence-electron chi connectivity index (χ4n) is 1.35. The lowest BCUT2D eigenvalue weighted by molar-refractivity contribution is 0.397. The van der Waals surface area contributed by atoms with Gasteiger partial charge in [0.2, 0.25) is 5.82 Å². The second-order valence-corrected chi connectivity index (χ2v) is 5.27. The number of aromatic nitrogens is 3. The molecule has 0 saturated carbocycles. The van der Waals surface area contributed by atoms with Crippen LogP contribution in [-0.2, 0) is 10.0 Å². The van der Waals surface area contributed by atoms with Crippen molar-refractivity contribution in [2.75, 3.05) is 11.8 Å². The van der Waals surface area contributed by atoms with E-state index in [1.54, 1.807) is 19.1 Å². The Balaban J connectivity index is 2.36. The van der Waals surface area contributed by atoms with Crippen LogP contribution in [0.25, 0.3) is 0 Å². The number of pyridine rings is 1. The fourth-order valence-corrected chi connectivity index (χ4v) is 2.31. The Bertz CT molecular complexity index is 674. The molecule has 0 spiro atoms. The van der Waals surface area contributed by atoms with Gasteiger partial charge in [0.1, 0.15) is 0 Å². The largest absolute Gasteiger partial charge is 0.478 e. The normalized spacial score (nSPS) is 11.1. The first-order chi connectivity index (χ1) is 9.03. The van der Waals surface area contributed by atoms with Crippen molar-refractivity contribution in [1.82, 2.24) is 15.0 Å². The molecule has 0 unspecified atom stereocenters. The van der Waals surface area contributed by atoms with Crippen molar-refractivity contribution in [3.05, 3.63) is 36.3 Å². The van der Waals surface area contributed by atoms with E-state index in [0.717, 1.165) is 0 Å². The van der Waals surface area contributed by atoms with Gasteiger partial charge in [0.15, 0.2) is 5.03 Å². The highest BCUT2D eigenvalue weighted by Gasteiger charge is 2.19. The summed E-state index contributed by atoms with van der Waals surface area (Å²) in [7, 11) is -2.41. The third kappa shape index (κ3) is 2.97. The van der Waals surface area contributed by atoms with Gasteiger partial charge < -0.3 is 4.74 Å². The summed E-state index contributed by atoms with van der Waals surface area (Å²) in [5.41, 5.74) is 0.623. The molecule has 0 bridgehead atoms. The molecule has 0 aromatic carbocycles. The predicted molar refractivity (Wildman–Crippen MR) is 68.4 cm³/mol. The average Bonchev–Trinajstić information content (AvgIpc) is 2.41. The van der Waals surface area contributed by atoms with Crippen LogP contribution in [0.1, 0.15) is 5.69 Å². The van der Waals surface area contributed by atoms with Crippen LogP contribution in [0.3, 0.4) is 0 Å². The topological polar surface area (TPSA) is 94.1 Å². The Morgan fingerprint density at radius 2 is 2.05 bits per heavy atom. The maximum atomic E-state index is 12.1. The molecule has 0 amide bonds. The highest BCUT2D eigenvalue weighted by Crippen LogP contribution is 2.21. The third-order valence-corrected chi connectivity index (χ3v) is 3.45. The van der Waals surface area contributed by atoms with Crippen molar-refractivity contribution in [3.8, 4) is 5.88 Å². The van der Waals surface area contributed by atoms with Crippen molar-refractivity contribution in [3.63, 3.8) is 0 Å². The zero-order valence-electron chi connectivity index (χ0n) is 10.4. The van der Waals surface area contributed by atoms with Gasteiger partial charge in [-0.2, -0.15) is 8.42 Å². The number of ether oxygens (including phenoxy) is 1. The Hall–Kier alpha value is -2.22. The number of hydrogen-bond donors (Lipinski definition) is 1. The Labute approximate surface area is 110 Å². The number of rotatable bonds is 4. The molecule has 2 heterocycles. The molecule has 2 aromatic heterocycles. The number of sulfonamides is 1. The van der Waals surface area contributed by atoms with Crippen molar-refractivity contribution in [1.29, 1.82) is 0 Å². The Morgan fingerprint density at radius 1 is 1.26 bits per heavy atom. The summed E-state index contributed by atoms with van der Waals surface area (Å²) in [4.78, 5) is 11.8. The van der Waals surface area contributed by atoms with Crippen molar-refractivity contribution >= 4 is 15.8 Å². The molecule has 0 fully saturated rings. The van der Waals surface area contributed by atoms with Crippen LogP contribution < -0.4 is 9.46 Å². The Kier molecular flexibility index (Phi) is 3.61. The quantitative estimate of drug-likeness (QED) is 0.897. The molecule has 7 nitrogen and oxygen atoms in total. The van der Waals surface area contributed by atoms with E-state index in [1.807, 2.05) is 0 Å². The first kappa shape index (κ1) is 13.2. The van der Waals surface area contributed by atoms with Gasteiger partial charge in [0.25, 0.3) is 15.9 Å². The van der Waals surface area contributed by atoms with Crippen LogP contribution >= 0.6 is 0 Å². The predicted octanol–water partition coefficient (Wildman–Crippen LogP) is 0.989. The van der Waals surface area contributed by atoms with Crippen LogP contribution in [0.2, 0.25) is 0 Å². The molecule has 0 aliphatic carbocycles. The number of aryl methyl sites for hydroxylation is 1. The molecule has 2 aromatic rings. The molecule has 2 rings (SSSR count). The molecule has 19 heavy (non-hydrogen) atoms. The standard InChI is InChI=1S/C11H12N4O3S/c1-8-7-13-10(11(14-8)18-2)15-19(16,17)9-5-3-4-6-12-9/h3-7H,1-2H3,(H,13,15). The smallest absolute Gasteiger partial charge is 0.280 e. The lowest BCUT2D eigenvalue weighted by Crippen LogP contribution is -2.16. The van der Waals surface area contributed by atoms with Gasteiger partial charge in [-0.3, -0.25) is 4.72 Å². The van der Waals surface area contributed by atoms with E-state index >= 15 is 0 Å². The van der Waals surface area contributed by atoms with E-state index < -0.39 is 10.0 Å². The molecule has 0 aliphatic rings. The number of nitrogens with one attached hydrogen (secondary N) is 1. The maximum Gasteiger partial charge on any atom is 0.280 e. The van der Waals surface area contributed by atoms with E-state index in [0.29, 0.717) is 5.69 Å². The van der Waals surface area contributed by atoms with Crippen molar-refractivity contribution < 1.29 is 13.2 Å². The van der Waals surface area contributed by atoms with Gasteiger partial charge in [0.05, 0.1) is 19.0 Å². The van der Waals surface area contributed by atoms with E-state index in [4.69, 9.17) is 4.74 Å². The molecular weight excluding hydrogens is 268 g/mol. The molecule has 0 aliphatic heterocycles. The first-order valence-electron chi connectivity index (χ1n) is 5.34. The van der Waals surface area contributed by atoms with Crippen LogP contribution in [0.4, 0.5) is 5.82 Å². The summed E-state index contributed by atoms with van der Waals surface area (Å²) in [5, 5.41) is -0.0978. The fraction of sp³-hybridized carbons (Fsp3) is 0.182. The van der Waals surface area contributed by atoms with E-state index in [9.17, 15) is 8.42 Å². The summed E-state index contributed by atoms with van der Waals surface area (Å²) >= 11 is 0. The van der Waals surface area contributed by atoms with E-state index in [-0.39, 0.29) is 16.7 Å². The number of anilines is 1. The summed E-state index contributed by atoms with van der Waals surface area (Å²) in [6.07, 6.45) is 2.84. The van der Waals surface area contributed by atoms with Crippen molar-refractivity contribution in [2.45, 2.75) is 11.9 Å². The maximum absolute atomic E-state index is 12.1. The van der Waals surface area contributed by atoms with Crippen LogP contribution in [-0.4, -0.2) is 30.5 Å². The lowest BCUT2D eigenvalue weighted by Gasteiger charge is -2.09. The van der Waals surface area contributed by atoms with E-state index in [1.165, 1.54) is 25.6 Å². The van der Waals surface area contributed by atoms with Gasteiger partial charge >= 0.3 is 0 Å². The van der Waals surface area contributed by atoms with Gasteiger partial charge in [-0.25, -0.2) is 15.0 Å². The molecule has 0 atom stereocenters. The monoisotopic (exact) mass is 280 g/mol. The van der Waals surface area contributed by atoms with Crippen molar-refractivity contribution in [2.24, 2.45) is 0 Å². The van der Waals surface area contributed by atoms with Crippen LogP contribution in [0.5, 0.6) is 5.88 Å². The van der Waals surface area contributed by atoms with Crippen LogP contribution in [0, 0.1) is 6.92 Å². The highest BCUT2D eigenvalue weighted by molar-refractivity contribution is 7.92. The summed E-state index contributed by atoms with van der Waals surface area (Å²) in [6, 6.07) is 4.60. The average molecular weight is 280 g/mol. The molecule has 100 valence electrons. The van der Waals surface area contributed by atoms with Gasteiger partial charge in [-0.05, 0) is 19.1 Å². The second kappa shape index (κ2) is 5.19. The number of nitrogens with zero attached hydrogens (tertiary/aromatic N) is 3. The summed E-state index contributed by atoms with van der Waals surface area (Å²) < 4.78 is 31.4. The first-order valence-corrected chi connectivity index (χ1v) is 6.83. The molecule has 0 saturated heterocycles. The molecular formula is C11H12N4O3S. The highest BCUT2D eigenvalue weighted by atomic mass is 32.2. The summed E-state index contributed by atoms with van der Waals surface area (Å²) in [5.74, 6) is 0.137. The Morgan fingerprint density at radius 3 is 2.68 bits per heavy atom. The minimum Gasteiger partial charge on any atom is -0.478 e. The lowest BCUT2D eigenvalue weighted by atomic mass is 10.5. The zero-order valence-corrected chi connectivity index (χ0v) is 11.2.